The Morgan fingerprint density at radius 1 is 1.38 bits per heavy atom. The van der Waals surface area contributed by atoms with Crippen LogP contribution in [0.2, 0.25) is 0 Å². The van der Waals surface area contributed by atoms with E-state index in [0.717, 1.165) is 25.9 Å². The van der Waals surface area contributed by atoms with Gasteiger partial charge in [-0.25, -0.2) is 0 Å². The Hall–Kier alpha value is -1.10. The molecule has 5 nitrogen and oxygen atoms in total. The van der Waals surface area contributed by atoms with Gasteiger partial charge in [-0.2, -0.15) is 0 Å². The number of hydrogen-bond donors (Lipinski definition) is 2. The minimum Gasteiger partial charge on any atom is -0.481 e. The van der Waals surface area contributed by atoms with E-state index in [-0.39, 0.29) is 5.91 Å². The monoisotopic (exact) mass is 228 g/mol. The highest BCUT2D eigenvalue weighted by atomic mass is 16.4. The van der Waals surface area contributed by atoms with Crippen LogP contribution in [0, 0.1) is 5.92 Å². The van der Waals surface area contributed by atoms with Crippen LogP contribution in [0.3, 0.4) is 0 Å². The third kappa shape index (κ3) is 4.18. The summed E-state index contributed by atoms with van der Waals surface area (Å²) in [7, 11) is 0. The summed E-state index contributed by atoms with van der Waals surface area (Å²) in [5.41, 5.74) is 0. The summed E-state index contributed by atoms with van der Waals surface area (Å²) in [5.74, 6) is -1.03. The Kier molecular flexibility index (Phi) is 5.25. The summed E-state index contributed by atoms with van der Waals surface area (Å²) in [4.78, 5) is 24.0. The van der Waals surface area contributed by atoms with Gasteiger partial charge in [0, 0.05) is 32.6 Å². The summed E-state index contributed by atoms with van der Waals surface area (Å²) >= 11 is 0. The molecule has 2 N–H and O–H groups in total. The first-order valence-corrected chi connectivity index (χ1v) is 5.82. The minimum atomic E-state index is -0.807. The van der Waals surface area contributed by atoms with Crippen molar-refractivity contribution in [1.82, 2.24) is 10.2 Å². The summed E-state index contributed by atoms with van der Waals surface area (Å²) in [6.07, 6.45) is 2.68. The van der Waals surface area contributed by atoms with Crippen molar-refractivity contribution in [3.05, 3.63) is 0 Å². The first-order chi connectivity index (χ1) is 7.61. The molecule has 1 rings (SSSR count). The summed E-state index contributed by atoms with van der Waals surface area (Å²) in [6.45, 7) is 4.39. The van der Waals surface area contributed by atoms with Crippen LogP contribution < -0.4 is 5.32 Å². The Balaban J connectivity index is 2.06. The number of rotatable bonds is 6. The van der Waals surface area contributed by atoms with Gasteiger partial charge in [0.15, 0.2) is 0 Å². The van der Waals surface area contributed by atoms with Crippen molar-refractivity contribution in [1.29, 1.82) is 0 Å². The molecule has 1 heterocycles. The number of amides is 1. The number of carboxylic acids is 1. The lowest BCUT2D eigenvalue weighted by Gasteiger charge is -2.15. The van der Waals surface area contributed by atoms with Gasteiger partial charge in [0.05, 0.1) is 5.92 Å². The summed E-state index contributed by atoms with van der Waals surface area (Å²) in [6, 6.07) is 0. The Bertz CT molecular complexity index is 250. The van der Waals surface area contributed by atoms with Crippen LogP contribution in [0.5, 0.6) is 0 Å². The van der Waals surface area contributed by atoms with E-state index in [9.17, 15) is 9.59 Å². The number of carbonyl (C=O) groups is 2. The molecule has 1 saturated heterocycles. The summed E-state index contributed by atoms with van der Waals surface area (Å²) in [5, 5.41) is 11.6. The zero-order valence-electron chi connectivity index (χ0n) is 9.74. The van der Waals surface area contributed by atoms with E-state index < -0.39 is 11.9 Å². The van der Waals surface area contributed by atoms with Gasteiger partial charge in [0.2, 0.25) is 5.91 Å². The molecule has 5 heteroatoms. The molecule has 1 amide bonds. The SMILES string of the molecule is CC(CNCCC(=O)N1CCCC1)C(=O)O. The molecule has 0 spiro atoms. The van der Waals surface area contributed by atoms with E-state index in [1.54, 1.807) is 6.92 Å². The highest BCUT2D eigenvalue weighted by Gasteiger charge is 2.17. The lowest BCUT2D eigenvalue weighted by atomic mass is 10.2. The van der Waals surface area contributed by atoms with E-state index in [1.165, 1.54) is 0 Å². The molecule has 1 aliphatic heterocycles. The topological polar surface area (TPSA) is 69.6 Å². The average molecular weight is 228 g/mol. The molecule has 0 aromatic rings. The van der Waals surface area contributed by atoms with Gasteiger partial charge in [-0.15, -0.1) is 0 Å². The maximum atomic E-state index is 11.6. The van der Waals surface area contributed by atoms with Crippen LogP contribution in [-0.2, 0) is 9.59 Å². The number of nitrogens with zero attached hydrogens (tertiary/aromatic N) is 1. The van der Waals surface area contributed by atoms with Gasteiger partial charge in [-0.05, 0) is 12.8 Å². The molecular weight excluding hydrogens is 208 g/mol. The Labute approximate surface area is 95.8 Å². The van der Waals surface area contributed by atoms with Crippen molar-refractivity contribution >= 4 is 11.9 Å². The molecule has 0 aliphatic carbocycles. The van der Waals surface area contributed by atoms with Crippen LogP contribution in [0.4, 0.5) is 0 Å². The first-order valence-electron chi connectivity index (χ1n) is 5.82. The van der Waals surface area contributed by atoms with E-state index in [1.807, 2.05) is 4.90 Å². The van der Waals surface area contributed by atoms with Crippen molar-refractivity contribution in [3.63, 3.8) is 0 Å². The highest BCUT2D eigenvalue weighted by Crippen LogP contribution is 2.08. The molecule has 1 fully saturated rings. The average Bonchev–Trinajstić information content (AvgIpc) is 2.76. The van der Waals surface area contributed by atoms with Crippen LogP contribution in [0.1, 0.15) is 26.2 Å². The van der Waals surface area contributed by atoms with Crippen molar-refractivity contribution in [3.8, 4) is 0 Å². The van der Waals surface area contributed by atoms with Crippen LogP contribution in [0.15, 0.2) is 0 Å². The Morgan fingerprint density at radius 2 is 2.00 bits per heavy atom. The molecule has 1 aliphatic rings. The molecule has 0 aromatic heterocycles. The third-order valence-electron chi connectivity index (χ3n) is 2.85. The zero-order chi connectivity index (χ0) is 12.0. The highest BCUT2D eigenvalue weighted by molar-refractivity contribution is 5.76. The number of hydrogen-bond acceptors (Lipinski definition) is 3. The predicted octanol–water partition coefficient (Wildman–Crippen LogP) is 0.309. The van der Waals surface area contributed by atoms with Crippen LogP contribution in [0.25, 0.3) is 0 Å². The normalized spacial score (nSPS) is 17.4. The zero-order valence-corrected chi connectivity index (χ0v) is 9.74. The summed E-state index contributed by atoms with van der Waals surface area (Å²) < 4.78 is 0. The molecule has 1 atom stereocenters. The number of likely N-dealkylation sites (tertiary alicyclic amines) is 1. The number of nitrogens with one attached hydrogen (secondary N) is 1. The first kappa shape index (κ1) is 13.0. The van der Waals surface area contributed by atoms with Gasteiger partial charge >= 0.3 is 5.97 Å². The lowest BCUT2D eigenvalue weighted by Crippen LogP contribution is -2.32. The van der Waals surface area contributed by atoms with Crippen LogP contribution in [-0.4, -0.2) is 48.1 Å². The molecule has 0 radical (unpaired) electrons. The molecule has 1 unspecified atom stereocenters. The largest absolute Gasteiger partial charge is 0.481 e. The molecule has 0 aromatic carbocycles. The fourth-order valence-corrected chi connectivity index (χ4v) is 1.73. The fourth-order valence-electron chi connectivity index (χ4n) is 1.73. The van der Waals surface area contributed by atoms with Crippen molar-refractivity contribution in [2.75, 3.05) is 26.2 Å². The van der Waals surface area contributed by atoms with E-state index >= 15 is 0 Å². The third-order valence-corrected chi connectivity index (χ3v) is 2.85. The van der Waals surface area contributed by atoms with Crippen LogP contribution >= 0.6 is 0 Å². The van der Waals surface area contributed by atoms with Gasteiger partial charge in [-0.3, -0.25) is 9.59 Å². The van der Waals surface area contributed by atoms with Gasteiger partial charge in [0.25, 0.3) is 0 Å². The standard InChI is InChI=1S/C11H20N2O3/c1-9(11(15)16)8-12-5-4-10(14)13-6-2-3-7-13/h9,12H,2-8H2,1H3,(H,15,16). The second-order valence-corrected chi connectivity index (χ2v) is 4.28. The van der Waals surface area contributed by atoms with E-state index in [0.29, 0.717) is 19.5 Å². The maximum Gasteiger partial charge on any atom is 0.307 e. The number of carbonyl (C=O) groups excluding carboxylic acids is 1. The molecule has 0 saturated carbocycles. The van der Waals surface area contributed by atoms with Crippen molar-refractivity contribution in [2.45, 2.75) is 26.2 Å². The molecule has 92 valence electrons. The van der Waals surface area contributed by atoms with Crippen molar-refractivity contribution in [2.24, 2.45) is 5.92 Å². The number of carboxylic acid groups (broad SMARTS) is 1. The Morgan fingerprint density at radius 3 is 2.56 bits per heavy atom. The van der Waals surface area contributed by atoms with Crippen molar-refractivity contribution < 1.29 is 14.7 Å². The molecular formula is C11H20N2O3. The fraction of sp³-hybridized carbons (Fsp3) is 0.818. The van der Waals surface area contributed by atoms with E-state index in [2.05, 4.69) is 5.32 Å². The second kappa shape index (κ2) is 6.48. The number of aliphatic carboxylic acids is 1. The lowest BCUT2D eigenvalue weighted by molar-refractivity contribution is -0.140. The van der Waals surface area contributed by atoms with Gasteiger partial charge in [-0.1, -0.05) is 6.92 Å². The second-order valence-electron chi connectivity index (χ2n) is 4.28. The van der Waals surface area contributed by atoms with Gasteiger partial charge < -0.3 is 15.3 Å². The predicted molar refractivity (Wildman–Crippen MR) is 60.1 cm³/mol. The minimum absolute atomic E-state index is 0.174. The smallest absolute Gasteiger partial charge is 0.307 e. The van der Waals surface area contributed by atoms with E-state index in [4.69, 9.17) is 5.11 Å². The molecule has 0 bridgehead atoms. The van der Waals surface area contributed by atoms with Gasteiger partial charge in [0.1, 0.15) is 0 Å². The molecule has 16 heavy (non-hydrogen) atoms. The quantitative estimate of drug-likeness (QED) is 0.642. The maximum absolute atomic E-state index is 11.6.